The number of hydrogen-bond acceptors (Lipinski definition) is 7. The van der Waals surface area contributed by atoms with E-state index in [-0.39, 0.29) is 19.1 Å². The van der Waals surface area contributed by atoms with Gasteiger partial charge in [-0.1, -0.05) is 6.42 Å². The summed E-state index contributed by atoms with van der Waals surface area (Å²) in [7, 11) is 0. The fourth-order valence-electron chi connectivity index (χ4n) is 3.38. The van der Waals surface area contributed by atoms with Crippen LogP contribution in [0.2, 0.25) is 0 Å². The highest BCUT2D eigenvalue weighted by Crippen LogP contribution is 2.46. The fraction of sp³-hybridized carbons (Fsp3) is 0.611. The smallest absolute Gasteiger partial charge is 0.325 e. The van der Waals surface area contributed by atoms with Crippen LogP contribution in [-0.2, 0) is 23.9 Å². The largest absolute Gasteiger partial charge is 0.495 e. The molecule has 0 radical (unpaired) electrons. The normalized spacial score (nSPS) is 21.9. The molecule has 1 N–H and O–H groups in total. The number of fused-ring (bicyclic) bond motifs is 2. The molecule has 2 aliphatic heterocycles. The van der Waals surface area contributed by atoms with Crippen LogP contribution in [0.25, 0.3) is 0 Å². The molecule has 0 bridgehead atoms. The molecule has 0 saturated heterocycles. The molecule has 9 heteroatoms. The van der Waals surface area contributed by atoms with Crippen LogP contribution in [0.5, 0.6) is 0 Å². The molecule has 27 heavy (non-hydrogen) atoms. The van der Waals surface area contributed by atoms with Crippen LogP contribution in [0.1, 0.15) is 46.0 Å². The van der Waals surface area contributed by atoms with E-state index in [9.17, 15) is 14.4 Å². The second-order valence-electron chi connectivity index (χ2n) is 6.39. The maximum Gasteiger partial charge on any atom is 0.325 e. The number of carbonyl (C=O) groups is 3. The fourth-order valence-corrected chi connectivity index (χ4v) is 4.55. The van der Waals surface area contributed by atoms with E-state index in [0.717, 1.165) is 37.8 Å². The Hall–Kier alpha value is -2.16. The van der Waals surface area contributed by atoms with Crippen molar-refractivity contribution < 1.29 is 23.9 Å². The Kier molecular flexibility index (Phi) is 6.30. The Morgan fingerprint density at radius 1 is 1.22 bits per heavy atom. The third-order valence-corrected chi connectivity index (χ3v) is 5.68. The lowest BCUT2D eigenvalue weighted by Crippen LogP contribution is -2.50. The molecule has 0 aromatic carbocycles. The summed E-state index contributed by atoms with van der Waals surface area (Å²) >= 11 is 1.52. The molecule has 0 fully saturated rings. The van der Waals surface area contributed by atoms with E-state index in [2.05, 4.69) is 5.32 Å². The van der Waals surface area contributed by atoms with Crippen LogP contribution in [0, 0.1) is 5.92 Å². The van der Waals surface area contributed by atoms with Gasteiger partial charge >= 0.3 is 5.97 Å². The molecule has 3 aliphatic rings. The Balaban J connectivity index is 1.81. The standard InChI is InChI=1S/C18H25N3O5S/c1-3-25-13-11-20-21(12-8-6-5-7-9-14(12)27-20)18(24)16(13)17(23)19-10-15(22)26-4-2/h11,16H,3-10H2,1-2H3,(H,19,23). The number of rotatable bonds is 6. The summed E-state index contributed by atoms with van der Waals surface area (Å²) in [4.78, 5) is 38.6. The van der Waals surface area contributed by atoms with Crippen LogP contribution in [-0.4, -0.2) is 47.0 Å². The van der Waals surface area contributed by atoms with Crippen LogP contribution in [0.4, 0.5) is 0 Å². The van der Waals surface area contributed by atoms with E-state index in [4.69, 9.17) is 9.47 Å². The van der Waals surface area contributed by atoms with Gasteiger partial charge in [0.2, 0.25) is 5.91 Å². The predicted octanol–water partition coefficient (Wildman–Crippen LogP) is 2.06. The van der Waals surface area contributed by atoms with Crippen LogP contribution in [0.3, 0.4) is 0 Å². The van der Waals surface area contributed by atoms with Gasteiger partial charge in [0.1, 0.15) is 12.3 Å². The lowest BCUT2D eigenvalue weighted by atomic mass is 10.0. The topological polar surface area (TPSA) is 88.2 Å². The second-order valence-corrected chi connectivity index (χ2v) is 7.44. The average Bonchev–Trinajstić information content (AvgIpc) is 2.82. The molecular weight excluding hydrogens is 370 g/mol. The van der Waals surface area contributed by atoms with Gasteiger partial charge in [-0.25, -0.2) is 9.42 Å². The van der Waals surface area contributed by atoms with E-state index in [0.29, 0.717) is 12.4 Å². The summed E-state index contributed by atoms with van der Waals surface area (Å²) < 4.78 is 12.2. The average molecular weight is 395 g/mol. The summed E-state index contributed by atoms with van der Waals surface area (Å²) in [6.07, 6.45) is 6.74. The number of esters is 1. The van der Waals surface area contributed by atoms with E-state index >= 15 is 0 Å². The molecule has 148 valence electrons. The summed E-state index contributed by atoms with van der Waals surface area (Å²) in [5.41, 5.74) is 0.984. The Morgan fingerprint density at radius 2 is 2.00 bits per heavy atom. The molecule has 0 saturated carbocycles. The van der Waals surface area contributed by atoms with Crippen molar-refractivity contribution in [3.63, 3.8) is 0 Å². The third-order valence-electron chi connectivity index (χ3n) is 4.56. The van der Waals surface area contributed by atoms with E-state index < -0.39 is 17.8 Å². The molecular formula is C18H25N3O5S. The van der Waals surface area contributed by atoms with Gasteiger partial charge in [-0.3, -0.25) is 14.4 Å². The van der Waals surface area contributed by atoms with Crippen molar-refractivity contribution in [3.05, 3.63) is 22.6 Å². The molecule has 2 amide bonds. The number of nitrogens with one attached hydrogen (secondary N) is 1. The molecule has 0 aromatic heterocycles. The first-order valence-corrected chi connectivity index (χ1v) is 10.1. The molecule has 1 atom stereocenters. The van der Waals surface area contributed by atoms with Crippen molar-refractivity contribution in [2.24, 2.45) is 5.92 Å². The quantitative estimate of drug-likeness (QED) is 0.418. The van der Waals surface area contributed by atoms with Gasteiger partial charge in [-0.05, 0) is 39.5 Å². The number of hydrogen-bond donors (Lipinski definition) is 1. The van der Waals surface area contributed by atoms with Gasteiger partial charge in [-0.2, -0.15) is 0 Å². The first kappa shape index (κ1) is 19.6. The van der Waals surface area contributed by atoms with Gasteiger partial charge in [0.25, 0.3) is 5.91 Å². The lowest BCUT2D eigenvalue weighted by Gasteiger charge is -2.36. The zero-order valence-corrected chi connectivity index (χ0v) is 16.5. The number of hydrazine groups is 1. The molecule has 1 aliphatic carbocycles. The van der Waals surface area contributed by atoms with Crippen molar-refractivity contribution in [2.75, 3.05) is 19.8 Å². The van der Waals surface area contributed by atoms with Crippen LogP contribution in [0.15, 0.2) is 22.6 Å². The van der Waals surface area contributed by atoms with Crippen molar-refractivity contribution in [1.82, 2.24) is 14.7 Å². The third kappa shape index (κ3) is 4.07. The van der Waals surface area contributed by atoms with Gasteiger partial charge in [0.05, 0.1) is 25.1 Å². The minimum atomic E-state index is -1.11. The minimum absolute atomic E-state index is 0.234. The predicted molar refractivity (Wildman–Crippen MR) is 99.2 cm³/mol. The SMILES string of the molecule is CCOC(=O)CNC(=O)C1C(=O)N2C3=C(CCCCC3)SN2C=C1OCC. The maximum atomic E-state index is 13.2. The molecule has 0 spiro atoms. The Morgan fingerprint density at radius 3 is 2.74 bits per heavy atom. The number of carbonyl (C=O) groups excluding carboxylic acids is 3. The van der Waals surface area contributed by atoms with Gasteiger partial charge < -0.3 is 14.8 Å². The van der Waals surface area contributed by atoms with Crippen molar-refractivity contribution >= 4 is 29.7 Å². The van der Waals surface area contributed by atoms with Crippen LogP contribution < -0.4 is 5.32 Å². The number of ether oxygens (including phenoxy) is 2. The van der Waals surface area contributed by atoms with E-state index in [1.165, 1.54) is 16.9 Å². The highest BCUT2D eigenvalue weighted by molar-refractivity contribution is 8.01. The maximum absolute atomic E-state index is 13.2. The zero-order valence-electron chi connectivity index (χ0n) is 15.7. The van der Waals surface area contributed by atoms with E-state index in [1.807, 2.05) is 0 Å². The van der Waals surface area contributed by atoms with Crippen molar-refractivity contribution in [3.8, 4) is 0 Å². The number of nitrogens with zero attached hydrogens (tertiary/aromatic N) is 2. The Labute approximate surface area is 163 Å². The lowest BCUT2D eigenvalue weighted by molar-refractivity contribution is -0.150. The highest BCUT2D eigenvalue weighted by atomic mass is 32.2. The van der Waals surface area contributed by atoms with Crippen molar-refractivity contribution in [2.45, 2.75) is 46.0 Å². The number of amides is 2. The van der Waals surface area contributed by atoms with Crippen LogP contribution >= 0.6 is 11.9 Å². The monoisotopic (exact) mass is 395 g/mol. The Bertz CT molecular complexity index is 690. The first-order valence-electron chi connectivity index (χ1n) is 9.37. The van der Waals surface area contributed by atoms with Gasteiger partial charge in [-0.15, -0.1) is 0 Å². The van der Waals surface area contributed by atoms with Gasteiger partial charge in [0.15, 0.2) is 5.92 Å². The first-order chi connectivity index (χ1) is 13.1. The van der Waals surface area contributed by atoms with Gasteiger partial charge in [0, 0.05) is 16.9 Å². The highest BCUT2D eigenvalue weighted by Gasteiger charge is 2.46. The molecule has 8 nitrogen and oxygen atoms in total. The summed E-state index contributed by atoms with van der Waals surface area (Å²) in [6.45, 7) is 3.79. The summed E-state index contributed by atoms with van der Waals surface area (Å²) in [5.74, 6) is -2.25. The zero-order chi connectivity index (χ0) is 19.4. The molecule has 0 aromatic rings. The minimum Gasteiger partial charge on any atom is -0.495 e. The molecule has 2 heterocycles. The number of allylic oxidation sites excluding steroid dienone is 2. The summed E-state index contributed by atoms with van der Waals surface area (Å²) in [6, 6.07) is 0. The summed E-state index contributed by atoms with van der Waals surface area (Å²) in [5, 5.41) is 4.10. The van der Waals surface area contributed by atoms with E-state index in [1.54, 1.807) is 29.5 Å². The molecule has 1 unspecified atom stereocenters. The van der Waals surface area contributed by atoms with Crippen molar-refractivity contribution in [1.29, 1.82) is 0 Å². The molecule has 3 rings (SSSR count). The second kappa shape index (κ2) is 8.69.